The highest BCUT2D eigenvalue weighted by molar-refractivity contribution is 5.95. The number of rotatable bonds is 6. The molecule has 1 aliphatic rings. The Morgan fingerprint density at radius 1 is 1.17 bits per heavy atom. The molecule has 0 unspecified atom stereocenters. The van der Waals surface area contributed by atoms with Gasteiger partial charge in [-0.05, 0) is 42.6 Å². The SMILES string of the molecule is CN(Cc1ccccc1)C(=O)c1cn[nH]c1[C@H]1CCCN(Cc2ccncc2)C1. The third-order valence-electron chi connectivity index (χ3n) is 5.58. The Balaban J connectivity index is 1.44. The van der Waals surface area contributed by atoms with Crippen molar-refractivity contribution in [3.63, 3.8) is 0 Å². The lowest BCUT2D eigenvalue weighted by atomic mass is 9.92. The topological polar surface area (TPSA) is 65.1 Å². The number of amides is 1. The Morgan fingerprint density at radius 3 is 2.76 bits per heavy atom. The van der Waals surface area contributed by atoms with Gasteiger partial charge in [-0.15, -0.1) is 0 Å². The summed E-state index contributed by atoms with van der Waals surface area (Å²) in [4.78, 5) is 21.4. The average Bonchev–Trinajstić information content (AvgIpc) is 3.25. The molecule has 1 atom stereocenters. The van der Waals surface area contributed by atoms with E-state index in [0.29, 0.717) is 12.1 Å². The van der Waals surface area contributed by atoms with Crippen molar-refractivity contribution in [2.75, 3.05) is 20.1 Å². The first kappa shape index (κ1) is 19.3. The second-order valence-electron chi connectivity index (χ2n) is 7.77. The Labute approximate surface area is 171 Å². The number of piperidine rings is 1. The number of H-pyrrole nitrogens is 1. The van der Waals surface area contributed by atoms with Crippen LogP contribution in [0.15, 0.2) is 61.1 Å². The van der Waals surface area contributed by atoms with Crippen molar-refractivity contribution >= 4 is 5.91 Å². The average molecular weight is 390 g/mol. The van der Waals surface area contributed by atoms with Crippen molar-refractivity contribution in [2.45, 2.75) is 31.8 Å². The van der Waals surface area contributed by atoms with Gasteiger partial charge in [0.2, 0.25) is 0 Å². The molecule has 0 saturated carbocycles. The smallest absolute Gasteiger partial charge is 0.257 e. The molecule has 1 fully saturated rings. The molecule has 0 bridgehead atoms. The summed E-state index contributed by atoms with van der Waals surface area (Å²) in [5, 5.41) is 7.34. The maximum absolute atomic E-state index is 13.1. The van der Waals surface area contributed by atoms with Crippen LogP contribution in [0.5, 0.6) is 0 Å². The van der Waals surface area contributed by atoms with E-state index in [1.807, 2.05) is 49.8 Å². The van der Waals surface area contributed by atoms with E-state index < -0.39 is 0 Å². The number of likely N-dealkylation sites (tertiary alicyclic amines) is 1. The molecule has 0 spiro atoms. The van der Waals surface area contributed by atoms with Gasteiger partial charge in [0.1, 0.15) is 0 Å². The fraction of sp³-hybridized carbons (Fsp3) is 0.348. The summed E-state index contributed by atoms with van der Waals surface area (Å²) < 4.78 is 0. The van der Waals surface area contributed by atoms with Crippen molar-refractivity contribution in [1.82, 2.24) is 25.0 Å². The van der Waals surface area contributed by atoms with Gasteiger partial charge in [0.15, 0.2) is 0 Å². The normalized spacial score (nSPS) is 17.2. The van der Waals surface area contributed by atoms with E-state index in [2.05, 4.69) is 32.2 Å². The van der Waals surface area contributed by atoms with Gasteiger partial charge in [-0.25, -0.2) is 0 Å². The summed E-state index contributed by atoms with van der Waals surface area (Å²) >= 11 is 0. The fourth-order valence-corrected chi connectivity index (χ4v) is 4.09. The molecule has 2 aromatic heterocycles. The van der Waals surface area contributed by atoms with Crippen LogP contribution < -0.4 is 0 Å². The molecule has 1 aliphatic heterocycles. The van der Waals surface area contributed by atoms with Gasteiger partial charge < -0.3 is 4.90 Å². The number of carbonyl (C=O) groups is 1. The first-order valence-electron chi connectivity index (χ1n) is 10.1. The van der Waals surface area contributed by atoms with Crippen molar-refractivity contribution < 1.29 is 4.79 Å². The van der Waals surface area contributed by atoms with Crippen molar-refractivity contribution in [3.8, 4) is 0 Å². The number of nitrogens with zero attached hydrogens (tertiary/aromatic N) is 4. The van der Waals surface area contributed by atoms with Gasteiger partial charge in [-0.3, -0.25) is 19.8 Å². The third-order valence-corrected chi connectivity index (χ3v) is 5.58. The van der Waals surface area contributed by atoms with Gasteiger partial charge in [-0.1, -0.05) is 30.3 Å². The van der Waals surface area contributed by atoms with E-state index in [1.165, 1.54) is 5.56 Å². The molecule has 3 heterocycles. The zero-order chi connectivity index (χ0) is 20.1. The molecule has 6 heteroatoms. The highest BCUT2D eigenvalue weighted by Crippen LogP contribution is 2.29. The minimum atomic E-state index is 0.0175. The summed E-state index contributed by atoms with van der Waals surface area (Å²) in [6.45, 7) is 3.49. The molecule has 4 rings (SSSR count). The first-order chi connectivity index (χ1) is 14.2. The molecule has 0 radical (unpaired) electrons. The lowest BCUT2D eigenvalue weighted by Crippen LogP contribution is -2.35. The first-order valence-corrected chi connectivity index (χ1v) is 10.1. The van der Waals surface area contributed by atoms with Gasteiger partial charge in [0.25, 0.3) is 5.91 Å². The summed E-state index contributed by atoms with van der Waals surface area (Å²) in [5.41, 5.74) is 4.05. The van der Waals surface area contributed by atoms with Gasteiger partial charge in [0.05, 0.1) is 17.5 Å². The summed E-state index contributed by atoms with van der Waals surface area (Å²) in [6.07, 6.45) is 7.54. The van der Waals surface area contributed by atoms with Gasteiger partial charge in [-0.2, -0.15) is 5.10 Å². The lowest BCUT2D eigenvalue weighted by Gasteiger charge is -2.32. The zero-order valence-electron chi connectivity index (χ0n) is 16.8. The van der Waals surface area contributed by atoms with Crippen LogP contribution in [0, 0.1) is 0 Å². The number of nitrogens with one attached hydrogen (secondary N) is 1. The van der Waals surface area contributed by atoms with Crippen LogP contribution in [0.1, 0.15) is 45.9 Å². The van der Waals surface area contributed by atoms with E-state index in [-0.39, 0.29) is 11.8 Å². The number of pyridine rings is 1. The summed E-state index contributed by atoms with van der Waals surface area (Å²) in [6, 6.07) is 14.2. The molecule has 3 aromatic rings. The Hall–Kier alpha value is -2.99. The molecular weight excluding hydrogens is 362 g/mol. The van der Waals surface area contributed by atoms with Crippen LogP contribution in [0.2, 0.25) is 0 Å². The fourth-order valence-electron chi connectivity index (χ4n) is 4.09. The molecular formula is C23H27N5O. The predicted molar refractivity (Wildman–Crippen MR) is 112 cm³/mol. The van der Waals surface area contributed by atoms with E-state index in [1.54, 1.807) is 11.1 Å². The predicted octanol–water partition coefficient (Wildman–Crippen LogP) is 3.46. The minimum absolute atomic E-state index is 0.0175. The van der Waals surface area contributed by atoms with Gasteiger partial charge in [0, 0.05) is 45.0 Å². The monoisotopic (exact) mass is 389 g/mol. The van der Waals surface area contributed by atoms with E-state index >= 15 is 0 Å². The van der Waals surface area contributed by atoms with E-state index in [4.69, 9.17) is 0 Å². The molecule has 1 aromatic carbocycles. The number of aromatic nitrogens is 3. The maximum Gasteiger partial charge on any atom is 0.257 e. The number of hydrogen-bond acceptors (Lipinski definition) is 4. The van der Waals surface area contributed by atoms with Crippen LogP contribution >= 0.6 is 0 Å². The molecule has 1 saturated heterocycles. The summed E-state index contributed by atoms with van der Waals surface area (Å²) in [7, 11) is 1.85. The largest absolute Gasteiger partial charge is 0.337 e. The number of carbonyl (C=O) groups excluding carboxylic acids is 1. The van der Waals surface area contributed by atoms with Crippen LogP contribution in [0.4, 0.5) is 0 Å². The van der Waals surface area contributed by atoms with Crippen molar-refractivity contribution in [2.24, 2.45) is 0 Å². The standard InChI is InChI=1S/C23H27N5O/c1-27(15-18-6-3-2-4-7-18)23(29)21-14-25-26-22(21)20-8-5-13-28(17-20)16-19-9-11-24-12-10-19/h2-4,6-7,9-12,14,20H,5,8,13,15-17H2,1H3,(H,25,26)/t20-/m0/s1. The summed E-state index contributed by atoms with van der Waals surface area (Å²) in [5.74, 6) is 0.307. The zero-order valence-corrected chi connectivity index (χ0v) is 16.8. The molecule has 0 aliphatic carbocycles. The van der Waals surface area contributed by atoms with E-state index in [0.717, 1.165) is 43.7 Å². The third kappa shape index (κ3) is 4.71. The molecule has 150 valence electrons. The molecule has 6 nitrogen and oxygen atoms in total. The number of aromatic amines is 1. The van der Waals surface area contributed by atoms with Gasteiger partial charge >= 0.3 is 0 Å². The molecule has 29 heavy (non-hydrogen) atoms. The Kier molecular flexibility index (Phi) is 6.00. The molecule has 1 N–H and O–H groups in total. The number of benzene rings is 1. The second-order valence-corrected chi connectivity index (χ2v) is 7.77. The van der Waals surface area contributed by atoms with Crippen LogP contribution in [0.25, 0.3) is 0 Å². The van der Waals surface area contributed by atoms with Crippen LogP contribution in [0.3, 0.4) is 0 Å². The van der Waals surface area contributed by atoms with Crippen molar-refractivity contribution in [1.29, 1.82) is 0 Å². The van der Waals surface area contributed by atoms with Crippen molar-refractivity contribution in [3.05, 3.63) is 83.4 Å². The Bertz CT molecular complexity index is 925. The van der Waals surface area contributed by atoms with Crippen LogP contribution in [-0.4, -0.2) is 51.0 Å². The van der Waals surface area contributed by atoms with E-state index in [9.17, 15) is 4.79 Å². The molecule has 1 amide bonds. The number of hydrogen-bond donors (Lipinski definition) is 1. The second kappa shape index (κ2) is 9.01. The quantitative estimate of drug-likeness (QED) is 0.701. The Morgan fingerprint density at radius 2 is 1.97 bits per heavy atom. The maximum atomic E-state index is 13.1. The lowest BCUT2D eigenvalue weighted by molar-refractivity contribution is 0.0782. The minimum Gasteiger partial charge on any atom is -0.337 e. The highest BCUT2D eigenvalue weighted by Gasteiger charge is 2.28. The highest BCUT2D eigenvalue weighted by atomic mass is 16.2. The van der Waals surface area contributed by atoms with Crippen LogP contribution in [-0.2, 0) is 13.1 Å².